The number of hydrogen-bond donors (Lipinski definition) is 2. The Morgan fingerprint density at radius 2 is 1.88 bits per heavy atom. The number of carbonyl (C=O) groups excluding carboxylic acids is 1. The van der Waals surface area contributed by atoms with Crippen LogP contribution >= 0.6 is 0 Å². The summed E-state index contributed by atoms with van der Waals surface area (Å²) in [6, 6.07) is -0.150. The fraction of sp³-hybridized carbons (Fsp3) is 0.900. The highest BCUT2D eigenvalue weighted by Gasteiger charge is 2.17. The van der Waals surface area contributed by atoms with E-state index in [2.05, 4.69) is 26.1 Å². The molecule has 0 saturated heterocycles. The van der Waals surface area contributed by atoms with Crippen LogP contribution in [0.5, 0.6) is 0 Å². The molecule has 5 nitrogen and oxygen atoms in total. The van der Waals surface area contributed by atoms with E-state index in [0.29, 0.717) is 6.54 Å². The van der Waals surface area contributed by atoms with Crippen molar-refractivity contribution in [3.63, 3.8) is 0 Å². The zero-order valence-electron chi connectivity index (χ0n) is 10.4. The number of rotatable bonds is 5. The second-order valence-corrected chi connectivity index (χ2v) is 7.54. The minimum Gasteiger partial charge on any atom is -0.354 e. The van der Waals surface area contributed by atoms with Gasteiger partial charge in [-0.3, -0.25) is 4.79 Å². The van der Waals surface area contributed by atoms with Gasteiger partial charge in [0.2, 0.25) is 5.91 Å². The van der Waals surface area contributed by atoms with Gasteiger partial charge in [-0.2, -0.15) is 0 Å². The Kier molecular flexibility index (Phi) is 5.41. The van der Waals surface area contributed by atoms with E-state index >= 15 is 0 Å². The van der Waals surface area contributed by atoms with E-state index in [-0.39, 0.29) is 11.5 Å². The molecule has 0 saturated carbocycles. The fourth-order valence-corrected chi connectivity index (χ4v) is 1.97. The Morgan fingerprint density at radius 1 is 1.38 bits per heavy atom. The first kappa shape index (κ1) is 15.4. The molecular weight excluding hydrogens is 228 g/mol. The van der Waals surface area contributed by atoms with Crippen molar-refractivity contribution in [2.45, 2.75) is 33.2 Å². The van der Waals surface area contributed by atoms with Crippen molar-refractivity contribution in [2.75, 3.05) is 18.6 Å². The molecule has 0 radical (unpaired) electrons. The normalized spacial score (nSPS) is 14.6. The highest BCUT2D eigenvalue weighted by molar-refractivity contribution is 7.91. The van der Waals surface area contributed by atoms with Gasteiger partial charge >= 0.3 is 0 Å². The Labute approximate surface area is 97.7 Å². The van der Waals surface area contributed by atoms with Gasteiger partial charge in [-0.1, -0.05) is 20.8 Å². The number of nitrogens with one attached hydrogen (secondary N) is 1. The summed E-state index contributed by atoms with van der Waals surface area (Å²) < 4.78 is 21.6. The van der Waals surface area contributed by atoms with E-state index in [9.17, 15) is 13.2 Å². The molecule has 16 heavy (non-hydrogen) atoms. The van der Waals surface area contributed by atoms with Crippen LogP contribution in [0.3, 0.4) is 0 Å². The Morgan fingerprint density at radius 3 is 2.25 bits per heavy atom. The van der Waals surface area contributed by atoms with E-state index in [1.165, 1.54) is 0 Å². The zero-order chi connectivity index (χ0) is 13.0. The molecule has 0 aromatic heterocycles. The third-order valence-corrected chi connectivity index (χ3v) is 2.62. The molecule has 6 heteroatoms. The molecule has 0 rings (SSSR count). The predicted octanol–water partition coefficient (Wildman–Crippen LogP) is -0.0893. The summed E-state index contributed by atoms with van der Waals surface area (Å²) in [4.78, 5) is 11.2. The van der Waals surface area contributed by atoms with Gasteiger partial charge < -0.3 is 11.1 Å². The summed E-state index contributed by atoms with van der Waals surface area (Å²) in [5.41, 5.74) is 5.91. The van der Waals surface area contributed by atoms with Crippen molar-refractivity contribution in [3.8, 4) is 0 Å². The standard InChI is InChI=1S/C10H22N2O3S/c1-10(2,3)5-8(11)6-12-9(13)7-16(4,14)15/h8H,5-7,11H2,1-4H3,(H,12,13). The molecule has 0 fully saturated rings. The lowest BCUT2D eigenvalue weighted by Gasteiger charge is -2.23. The Bertz CT molecular complexity index is 330. The SMILES string of the molecule is CC(C)(C)CC(N)CNC(=O)CS(C)(=O)=O. The maximum absolute atomic E-state index is 11.2. The fourth-order valence-electron chi connectivity index (χ4n) is 1.39. The van der Waals surface area contributed by atoms with Crippen LogP contribution in [0.25, 0.3) is 0 Å². The first-order chi connectivity index (χ1) is 6.99. The summed E-state index contributed by atoms with van der Waals surface area (Å²) in [6.45, 7) is 6.49. The van der Waals surface area contributed by atoms with Gasteiger partial charge in [-0.25, -0.2) is 8.42 Å². The van der Waals surface area contributed by atoms with Gasteiger partial charge in [0.1, 0.15) is 5.75 Å². The van der Waals surface area contributed by atoms with E-state index < -0.39 is 21.5 Å². The quantitative estimate of drug-likeness (QED) is 0.713. The van der Waals surface area contributed by atoms with E-state index in [4.69, 9.17) is 5.73 Å². The van der Waals surface area contributed by atoms with E-state index in [1.807, 2.05) is 0 Å². The van der Waals surface area contributed by atoms with Crippen LogP contribution in [-0.4, -0.2) is 38.9 Å². The number of carbonyl (C=O) groups is 1. The molecule has 0 aromatic rings. The molecule has 3 N–H and O–H groups in total. The number of nitrogens with two attached hydrogens (primary N) is 1. The minimum atomic E-state index is -3.26. The first-order valence-electron chi connectivity index (χ1n) is 5.19. The average Bonchev–Trinajstić information content (AvgIpc) is 1.94. The minimum absolute atomic E-state index is 0.0982. The molecular formula is C10H22N2O3S. The van der Waals surface area contributed by atoms with Crippen molar-refractivity contribution in [1.29, 1.82) is 0 Å². The van der Waals surface area contributed by atoms with Gasteiger partial charge in [0, 0.05) is 18.8 Å². The molecule has 0 heterocycles. The van der Waals surface area contributed by atoms with Crippen molar-refractivity contribution < 1.29 is 13.2 Å². The molecule has 1 unspecified atom stereocenters. The third kappa shape index (κ3) is 9.92. The molecule has 0 aliphatic rings. The highest BCUT2D eigenvalue weighted by Crippen LogP contribution is 2.19. The maximum atomic E-state index is 11.2. The summed E-state index contributed by atoms with van der Waals surface area (Å²) in [5, 5.41) is 2.52. The van der Waals surface area contributed by atoms with E-state index in [0.717, 1.165) is 12.7 Å². The van der Waals surface area contributed by atoms with Crippen molar-refractivity contribution in [3.05, 3.63) is 0 Å². The maximum Gasteiger partial charge on any atom is 0.235 e. The van der Waals surface area contributed by atoms with E-state index in [1.54, 1.807) is 0 Å². The van der Waals surface area contributed by atoms with Gasteiger partial charge in [-0.05, 0) is 11.8 Å². The van der Waals surface area contributed by atoms with Crippen LogP contribution < -0.4 is 11.1 Å². The lowest BCUT2D eigenvalue weighted by molar-refractivity contribution is -0.118. The van der Waals surface area contributed by atoms with Crippen molar-refractivity contribution in [1.82, 2.24) is 5.32 Å². The van der Waals surface area contributed by atoms with Crippen LogP contribution in [0.4, 0.5) is 0 Å². The van der Waals surface area contributed by atoms with Gasteiger partial charge in [0.25, 0.3) is 0 Å². The Hall–Kier alpha value is -0.620. The Balaban J connectivity index is 3.94. The zero-order valence-corrected chi connectivity index (χ0v) is 11.2. The molecule has 1 atom stereocenters. The molecule has 0 bridgehead atoms. The molecule has 0 spiro atoms. The number of amides is 1. The van der Waals surface area contributed by atoms with Gasteiger partial charge in [-0.15, -0.1) is 0 Å². The van der Waals surface area contributed by atoms with Gasteiger partial charge in [0.05, 0.1) is 0 Å². The van der Waals surface area contributed by atoms with Crippen molar-refractivity contribution in [2.24, 2.45) is 11.1 Å². The van der Waals surface area contributed by atoms with Crippen LogP contribution in [0.2, 0.25) is 0 Å². The molecule has 0 aliphatic carbocycles. The lowest BCUT2D eigenvalue weighted by Crippen LogP contribution is -2.41. The third-order valence-electron chi connectivity index (χ3n) is 1.83. The molecule has 96 valence electrons. The second-order valence-electron chi connectivity index (χ2n) is 5.40. The van der Waals surface area contributed by atoms with Crippen LogP contribution in [0, 0.1) is 5.41 Å². The summed E-state index contributed by atoms with van der Waals surface area (Å²) >= 11 is 0. The monoisotopic (exact) mass is 250 g/mol. The number of hydrogen-bond acceptors (Lipinski definition) is 4. The lowest BCUT2D eigenvalue weighted by atomic mass is 9.88. The molecule has 0 aliphatic heterocycles. The topological polar surface area (TPSA) is 89.3 Å². The average molecular weight is 250 g/mol. The van der Waals surface area contributed by atoms with Crippen molar-refractivity contribution >= 4 is 15.7 Å². The summed E-state index contributed by atoms with van der Waals surface area (Å²) in [7, 11) is -3.26. The summed E-state index contributed by atoms with van der Waals surface area (Å²) in [5.74, 6) is -0.971. The second kappa shape index (κ2) is 5.63. The highest BCUT2D eigenvalue weighted by atomic mass is 32.2. The number of sulfone groups is 1. The smallest absolute Gasteiger partial charge is 0.235 e. The van der Waals surface area contributed by atoms with Gasteiger partial charge in [0.15, 0.2) is 9.84 Å². The predicted molar refractivity (Wildman–Crippen MR) is 64.8 cm³/mol. The first-order valence-corrected chi connectivity index (χ1v) is 7.26. The van der Waals surface area contributed by atoms with Crippen LogP contribution in [0.1, 0.15) is 27.2 Å². The van der Waals surface area contributed by atoms with Crippen LogP contribution in [-0.2, 0) is 14.6 Å². The molecule has 0 aromatic carbocycles. The summed E-state index contributed by atoms with van der Waals surface area (Å²) in [6.07, 6.45) is 1.80. The molecule has 1 amide bonds. The van der Waals surface area contributed by atoms with Crippen LogP contribution in [0.15, 0.2) is 0 Å². The largest absolute Gasteiger partial charge is 0.354 e.